The minimum atomic E-state index is -0.656. The van der Waals surface area contributed by atoms with Crippen molar-refractivity contribution in [2.75, 3.05) is 11.9 Å². The third kappa shape index (κ3) is 3.80. The topological polar surface area (TPSA) is 111 Å². The van der Waals surface area contributed by atoms with E-state index in [1.54, 1.807) is 22.8 Å². The fourth-order valence-corrected chi connectivity index (χ4v) is 3.85. The maximum atomic E-state index is 13.0. The van der Waals surface area contributed by atoms with Gasteiger partial charge in [0.1, 0.15) is 18.2 Å². The summed E-state index contributed by atoms with van der Waals surface area (Å²) in [5.41, 5.74) is 2.95. The summed E-state index contributed by atoms with van der Waals surface area (Å²) >= 11 is 0. The van der Waals surface area contributed by atoms with Gasteiger partial charge in [-0.05, 0) is 37.8 Å². The van der Waals surface area contributed by atoms with Gasteiger partial charge in [0.25, 0.3) is 11.8 Å². The highest BCUT2D eigenvalue weighted by Crippen LogP contribution is 2.40. The first-order chi connectivity index (χ1) is 15.0. The van der Waals surface area contributed by atoms with Crippen LogP contribution in [0, 0.1) is 6.92 Å². The van der Waals surface area contributed by atoms with Gasteiger partial charge in [0.15, 0.2) is 0 Å². The van der Waals surface area contributed by atoms with E-state index >= 15 is 0 Å². The smallest absolute Gasteiger partial charge is 0.291 e. The molecular weight excluding hydrogens is 396 g/mol. The van der Waals surface area contributed by atoms with Gasteiger partial charge in [-0.15, -0.1) is 5.10 Å². The highest BCUT2D eigenvalue weighted by molar-refractivity contribution is 6.00. The summed E-state index contributed by atoms with van der Waals surface area (Å²) in [7, 11) is 1.72. The van der Waals surface area contributed by atoms with Gasteiger partial charge >= 0.3 is 0 Å². The van der Waals surface area contributed by atoms with E-state index in [9.17, 15) is 9.59 Å². The van der Waals surface area contributed by atoms with Crippen molar-refractivity contribution < 1.29 is 9.59 Å². The van der Waals surface area contributed by atoms with Gasteiger partial charge in [-0.25, -0.2) is 14.3 Å². The van der Waals surface area contributed by atoms with Gasteiger partial charge in [-0.1, -0.05) is 6.07 Å². The van der Waals surface area contributed by atoms with Crippen LogP contribution in [0.4, 0.5) is 5.82 Å². The van der Waals surface area contributed by atoms with Crippen molar-refractivity contribution in [3.8, 4) is 0 Å². The zero-order valence-electron chi connectivity index (χ0n) is 17.5. The van der Waals surface area contributed by atoms with Crippen LogP contribution in [0.3, 0.4) is 0 Å². The van der Waals surface area contributed by atoms with Crippen LogP contribution < -0.4 is 10.2 Å². The van der Waals surface area contributed by atoms with Crippen LogP contribution in [0.25, 0.3) is 0 Å². The van der Waals surface area contributed by atoms with Crippen molar-refractivity contribution in [1.29, 1.82) is 0 Å². The molecule has 1 aliphatic heterocycles. The Morgan fingerprint density at radius 2 is 2.06 bits per heavy atom. The molecule has 1 saturated carbocycles. The van der Waals surface area contributed by atoms with Gasteiger partial charge in [0.2, 0.25) is 5.82 Å². The van der Waals surface area contributed by atoms with E-state index in [4.69, 9.17) is 0 Å². The monoisotopic (exact) mass is 420 g/mol. The number of fused-ring (bicyclic) bond motifs is 1. The number of nitrogens with zero attached hydrogens (tertiary/aromatic N) is 7. The molecule has 2 amide bonds. The van der Waals surface area contributed by atoms with Gasteiger partial charge in [0.05, 0.1) is 12.2 Å². The second kappa shape index (κ2) is 7.60. The normalized spacial score (nSPS) is 18.6. The number of carbonyl (C=O) groups is 2. The van der Waals surface area contributed by atoms with Crippen molar-refractivity contribution in [2.24, 2.45) is 0 Å². The average molecular weight is 420 g/mol. The summed E-state index contributed by atoms with van der Waals surface area (Å²) in [6.07, 6.45) is 6.03. The molecule has 3 aromatic heterocycles. The summed E-state index contributed by atoms with van der Waals surface area (Å²) in [5.74, 6) is 0.703. The maximum Gasteiger partial charge on any atom is 0.291 e. The van der Waals surface area contributed by atoms with E-state index < -0.39 is 11.9 Å². The largest absolute Gasteiger partial charge is 0.337 e. The number of carbonyl (C=O) groups excluding carboxylic acids is 2. The van der Waals surface area contributed by atoms with Crippen molar-refractivity contribution in [3.63, 3.8) is 0 Å². The van der Waals surface area contributed by atoms with Crippen LogP contribution in [0.1, 0.15) is 52.8 Å². The Kier molecular flexibility index (Phi) is 4.76. The van der Waals surface area contributed by atoms with Crippen molar-refractivity contribution in [1.82, 2.24) is 34.8 Å². The molecule has 10 nitrogen and oxygen atoms in total. The predicted octanol–water partition coefficient (Wildman–Crippen LogP) is 1.27. The number of aromatic nitrogens is 6. The van der Waals surface area contributed by atoms with E-state index in [1.807, 2.05) is 29.8 Å². The first-order valence-electron chi connectivity index (χ1n) is 10.5. The first-order valence-corrected chi connectivity index (χ1v) is 10.5. The Balaban J connectivity index is 1.26. The number of nitrogens with one attached hydrogen (secondary N) is 1. The summed E-state index contributed by atoms with van der Waals surface area (Å²) in [6, 6.07) is 5.15. The molecule has 10 heteroatoms. The number of amides is 2. The van der Waals surface area contributed by atoms with Crippen molar-refractivity contribution in [3.05, 3.63) is 53.5 Å². The fourth-order valence-electron chi connectivity index (χ4n) is 3.85. The summed E-state index contributed by atoms with van der Waals surface area (Å²) in [5, 5.41) is 11.7. The minimum absolute atomic E-state index is 0.0370. The summed E-state index contributed by atoms with van der Waals surface area (Å²) in [4.78, 5) is 35.6. The Hall–Kier alpha value is -3.56. The third-order valence-electron chi connectivity index (χ3n) is 5.87. The Bertz CT molecular complexity index is 1150. The third-order valence-corrected chi connectivity index (χ3v) is 5.87. The number of rotatable bonds is 5. The maximum absolute atomic E-state index is 13.0. The second-order valence-electron chi connectivity index (χ2n) is 8.15. The van der Waals surface area contributed by atoms with Crippen LogP contribution in [-0.2, 0) is 17.9 Å². The highest BCUT2D eigenvalue weighted by Gasteiger charge is 2.34. The van der Waals surface area contributed by atoms with Gasteiger partial charge in [-0.2, -0.15) is 5.10 Å². The first kappa shape index (κ1) is 19.4. The molecule has 4 heterocycles. The highest BCUT2D eigenvalue weighted by atomic mass is 16.2. The van der Waals surface area contributed by atoms with Crippen molar-refractivity contribution >= 4 is 17.6 Å². The zero-order valence-corrected chi connectivity index (χ0v) is 17.5. The molecule has 0 saturated heterocycles. The number of hydrogen-bond donors (Lipinski definition) is 1. The molecule has 0 radical (unpaired) electrons. The Morgan fingerprint density at radius 3 is 2.84 bits per heavy atom. The zero-order chi connectivity index (χ0) is 21.5. The summed E-state index contributed by atoms with van der Waals surface area (Å²) < 4.78 is 3.45. The lowest BCUT2D eigenvalue weighted by Crippen LogP contribution is -2.47. The molecule has 1 N–H and O–H groups in total. The molecule has 3 aromatic rings. The van der Waals surface area contributed by atoms with E-state index in [2.05, 4.69) is 25.5 Å². The van der Waals surface area contributed by atoms with Crippen LogP contribution in [0.5, 0.6) is 0 Å². The van der Waals surface area contributed by atoms with Crippen LogP contribution in [0.2, 0.25) is 0 Å². The van der Waals surface area contributed by atoms with Crippen molar-refractivity contribution in [2.45, 2.75) is 51.2 Å². The lowest BCUT2D eigenvalue weighted by Gasteiger charge is -2.19. The number of anilines is 1. The Morgan fingerprint density at radius 1 is 1.23 bits per heavy atom. The molecular formula is C21H24N8O2. The van der Waals surface area contributed by atoms with Gasteiger partial charge < -0.3 is 5.32 Å². The van der Waals surface area contributed by atoms with E-state index in [0.29, 0.717) is 25.4 Å². The van der Waals surface area contributed by atoms with E-state index in [-0.39, 0.29) is 11.7 Å². The molecule has 0 unspecified atom stereocenters. The number of aryl methyl sites for hydroxylation is 2. The van der Waals surface area contributed by atoms with Gasteiger partial charge in [-0.3, -0.25) is 19.5 Å². The Labute approximate surface area is 179 Å². The molecule has 0 bridgehead atoms. The summed E-state index contributed by atoms with van der Waals surface area (Å²) in [6.45, 7) is 2.95. The number of hydrogen-bond acceptors (Lipinski definition) is 6. The molecule has 160 valence electrons. The van der Waals surface area contributed by atoms with Gasteiger partial charge in [0, 0.05) is 37.5 Å². The lowest BCUT2D eigenvalue weighted by atomic mass is 10.2. The molecule has 2 aliphatic rings. The molecule has 31 heavy (non-hydrogen) atoms. The number of pyridine rings is 1. The lowest BCUT2D eigenvalue weighted by molar-refractivity contribution is -0.120. The molecule has 1 aliphatic carbocycles. The quantitative estimate of drug-likeness (QED) is 0.665. The molecule has 0 aromatic carbocycles. The molecule has 0 spiro atoms. The predicted molar refractivity (Wildman–Crippen MR) is 112 cm³/mol. The van der Waals surface area contributed by atoms with E-state index in [1.165, 1.54) is 6.33 Å². The van der Waals surface area contributed by atoms with Crippen LogP contribution in [0.15, 0.2) is 30.7 Å². The van der Waals surface area contributed by atoms with Crippen LogP contribution in [-0.4, -0.2) is 54.4 Å². The molecule has 5 rings (SSSR count). The molecule has 1 atom stereocenters. The number of likely N-dealkylation sites (N-methyl/N-ethyl adjacent to an activating group) is 1. The average Bonchev–Trinajstić information content (AvgIpc) is 3.38. The molecule has 1 fully saturated rings. The van der Waals surface area contributed by atoms with E-state index in [0.717, 1.165) is 35.6 Å². The second-order valence-corrected chi connectivity index (χ2v) is 8.15. The standard InChI is InChI=1S/C21H24N8O2/c1-13-15(4-3-8-22-13)11-28-12-23-19(26-28)20(30)24-16-7-9-29-18(27(2)21(16)31)10-17(25-29)14-5-6-14/h3-4,8,10,12,14,16H,5-7,9,11H2,1-2H3,(H,24,30)/t16-/m0/s1. The van der Waals surface area contributed by atoms with Crippen LogP contribution >= 0.6 is 0 Å². The minimum Gasteiger partial charge on any atom is -0.337 e. The SMILES string of the molecule is Cc1ncccc1Cn1cnc(C(=O)N[C@H]2CCn3nc(C4CC4)cc3N(C)C2=O)n1. The fraction of sp³-hybridized carbons (Fsp3) is 0.429.